The summed E-state index contributed by atoms with van der Waals surface area (Å²) in [5.41, 5.74) is 2.27. The minimum absolute atomic E-state index is 0.0240. The van der Waals surface area contributed by atoms with Gasteiger partial charge in [-0.05, 0) is 49.1 Å². The number of aromatic nitrogens is 2. The van der Waals surface area contributed by atoms with Gasteiger partial charge in [-0.3, -0.25) is 14.2 Å². The Morgan fingerprint density at radius 2 is 1.73 bits per heavy atom. The summed E-state index contributed by atoms with van der Waals surface area (Å²) in [7, 11) is 3.38. The maximum atomic E-state index is 14.8. The van der Waals surface area contributed by atoms with Crippen LogP contribution >= 0.6 is 69.6 Å². The number of hydrogen-bond acceptors (Lipinski definition) is 4. The quantitative estimate of drug-likeness (QED) is 0.117. The molecule has 1 aliphatic carbocycles. The molecule has 5 rings (SSSR count). The van der Waals surface area contributed by atoms with E-state index in [-0.39, 0.29) is 27.1 Å². The van der Waals surface area contributed by atoms with E-state index in [1.54, 1.807) is 56.8 Å². The summed E-state index contributed by atoms with van der Waals surface area (Å²) in [6.45, 7) is 5.26. The van der Waals surface area contributed by atoms with Gasteiger partial charge in [0.15, 0.2) is 0 Å². The van der Waals surface area contributed by atoms with Crippen molar-refractivity contribution in [2.24, 2.45) is 0 Å². The molecule has 7 nitrogen and oxygen atoms in total. The molecule has 1 amide bonds. The minimum atomic E-state index is -1.79. The molecule has 2 aromatic heterocycles. The van der Waals surface area contributed by atoms with Crippen LogP contribution in [0.25, 0.3) is 27.6 Å². The number of carbonyl (C=O) groups is 3. The van der Waals surface area contributed by atoms with E-state index < -0.39 is 27.7 Å². The number of amides is 1. The third-order valence-electron chi connectivity index (χ3n) is 8.05. The van der Waals surface area contributed by atoms with Crippen molar-refractivity contribution < 1.29 is 19.1 Å². The minimum Gasteiger partial charge on any atom is -0.458 e. The molecule has 1 N–H and O–H groups in total. The normalized spacial score (nSPS) is 14.2. The topological polar surface area (TPSA) is 84.4 Å². The number of rotatable bonds is 7. The number of aromatic amines is 1. The lowest BCUT2D eigenvalue weighted by Crippen LogP contribution is -2.49. The molecule has 1 fully saturated rings. The van der Waals surface area contributed by atoms with Crippen molar-refractivity contribution in [1.82, 2.24) is 14.5 Å². The Morgan fingerprint density at radius 3 is 2.29 bits per heavy atom. The molecular weight excluding hydrogens is 703 g/mol. The molecule has 0 spiro atoms. The van der Waals surface area contributed by atoms with Gasteiger partial charge >= 0.3 is 5.97 Å². The van der Waals surface area contributed by atoms with Crippen LogP contribution in [0.15, 0.2) is 49.3 Å². The number of H-pyrrole nitrogens is 1. The number of halogens is 6. The van der Waals surface area contributed by atoms with E-state index in [0.29, 0.717) is 56.7 Å². The summed E-state index contributed by atoms with van der Waals surface area (Å²) < 4.78 is 4.84. The number of aryl methyl sites for hydroxylation is 1. The van der Waals surface area contributed by atoms with Gasteiger partial charge in [-0.2, -0.15) is 0 Å². The highest BCUT2D eigenvalue weighted by Crippen LogP contribution is 2.49. The number of benzene rings is 2. The zero-order chi connectivity index (χ0) is 33.0. The molecule has 1 aliphatic rings. The molecule has 0 aliphatic heterocycles. The molecule has 4 aromatic rings. The largest absolute Gasteiger partial charge is 0.458 e. The van der Waals surface area contributed by atoms with Gasteiger partial charge in [-0.25, -0.2) is 4.79 Å². The first kappa shape index (κ1) is 33.7. The van der Waals surface area contributed by atoms with Crippen LogP contribution in [0.4, 0.5) is 0 Å². The summed E-state index contributed by atoms with van der Waals surface area (Å²) >= 11 is 36.8. The second kappa shape index (κ2) is 12.5. The van der Waals surface area contributed by atoms with Crippen LogP contribution in [0.5, 0.6) is 0 Å². The predicted octanol–water partition coefficient (Wildman–Crippen LogP) is 9.03. The zero-order valence-corrected chi connectivity index (χ0v) is 28.9. The number of likely N-dealkylation sites (N-methyl/N-ethyl adjacent to an activating group) is 1. The van der Waals surface area contributed by atoms with Crippen molar-refractivity contribution in [3.63, 3.8) is 0 Å². The van der Waals surface area contributed by atoms with Gasteiger partial charge in [0.2, 0.25) is 9.70 Å². The molecule has 2 aromatic carbocycles. The Morgan fingerprint density at radius 1 is 1.09 bits per heavy atom. The van der Waals surface area contributed by atoms with Gasteiger partial charge in [0.05, 0.1) is 32.1 Å². The van der Waals surface area contributed by atoms with Gasteiger partial charge in [-0.15, -0.1) is 0 Å². The van der Waals surface area contributed by atoms with Gasteiger partial charge in [0, 0.05) is 53.7 Å². The molecular formula is C32H27Cl6N3O4. The Balaban J connectivity index is 1.70. The molecule has 45 heavy (non-hydrogen) atoms. The number of hydrogen-bond donors (Lipinski definition) is 1. The monoisotopic (exact) mass is 727 g/mol. The van der Waals surface area contributed by atoms with Crippen molar-refractivity contribution >= 4 is 104 Å². The third-order valence-corrected chi connectivity index (χ3v) is 9.19. The van der Waals surface area contributed by atoms with Crippen LogP contribution in [0.2, 0.25) is 15.1 Å². The molecule has 236 valence electrons. The lowest BCUT2D eigenvalue weighted by molar-refractivity contribution is -0.138. The van der Waals surface area contributed by atoms with Crippen LogP contribution in [0.1, 0.15) is 46.4 Å². The summed E-state index contributed by atoms with van der Waals surface area (Å²) in [6, 6.07) is 8.24. The number of carbonyl (C=O) groups excluding carboxylic acids is 3. The van der Waals surface area contributed by atoms with E-state index in [9.17, 15) is 14.4 Å². The highest BCUT2D eigenvalue weighted by Gasteiger charge is 2.50. The SMILES string of the molecule is C=C(C(=O)OCC(Cl)(Cl)Cl)c1cccc2c1c(C)cn2C(=O)c1c(-c2c(Cl)cc(Cl)cc2Cl)c[nH]c1C1(C(=O)N(C)C)CCC1. The highest BCUT2D eigenvalue weighted by atomic mass is 35.6. The second-order valence-electron chi connectivity index (χ2n) is 11.2. The van der Waals surface area contributed by atoms with E-state index in [0.717, 1.165) is 6.42 Å². The first-order valence-corrected chi connectivity index (χ1v) is 16.0. The molecule has 1 saturated carbocycles. The van der Waals surface area contributed by atoms with E-state index in [4.69, 9.17) is 74.3 Å². The number of alkyl halides is 3. The Kier molecular flexibility index (Phi) is 9.37. The standard InChI is InChI=1S/C32H27Cl6N3O4/c1-16-14-41(23-8-5-7-19(24(16)23)17(2)29(43)45-15-32(36,37)38)28(42)26-20(25-21(34)11-18(33)12-22(25)35)13-39-27(26)31(9-6-10-31)30(44)40(3)4/h5,7-8,11-14,39H,2,6,9-10,15H2,1,3-4H3. The van der Waals surface area contributed by atoms with Crippen molar-refractivity contribution in [2.75, 3.05) is 20.7 Å². The predicted molar refractivity (Wildman–Crippen MR) is 182 cm³/mol. The van der Waals surface area contributed by atoms with Gasteiger partial charge in [0.25, 0.3) is 5.91 Å². The van der Waals surface area contributed by atoms with E-state index in [2.05, 4.69) is 11.6 Å². The van der Waals surface area contributed by atoms with Gasteiger partial charge in [0.1, 0.15) is 6.61 Å². The van der Waals surface area contributed by atoms with Crippen molar-refractivity contribution in [3.05, 3.63) is 86.8 Å². The summed E-state index contributed by atoms with van der Waals surface area (Å²) in [6.07, 6.45) is 5.24. The zero-order valence-electron chi connectivity index (χ0n) is 24.4. The highest BCUT2D eigenvalue weighted by molar-refractivity contribution is 6.67. The average molecular weight is 730 g/mol. The average Bonchev–Trinajstić information content (AvgIpc) is 3.51. The van der Waals surface area contributed by atoms with Gasteiger partial charge < -0.3 is 14.6 Å². The van der Waals surface area contributed by atoms with E-state index in [1.807, 2.05) is 6.92 Å². The summed E-state index contributed by atoms with van der Waals surface area (Å²) in [5, 5.41) is 1.43. The number of fused-ring (bicyclic) bond motifs is 1. The summed E-state index contributed by atoms with van der Waals surface area (Å²) in [5.74, 6) is -1.32. The van der Waals surface area contributed by atoms with Crippen LogP contribution < -0.4 is 0 Å². The Hall–Kier alpha value is -2.65. The maximum Gasteiger partial charge on any atom is 0.338 e. The van der Waals surface area contributed by atoms with E-state index in [1.165, 1.54) is 9.47 Å². The molecule has 2 heterocycles. The Labute approximate surface area is 289 Å². The number of esters is 1. The molecule has 0 saturated heterocycles. The summed E-state index contributed by atoms with van der Waals surface area (Å²) in [4.78, 5) is 46.1. The van der Waals surface area contributed by atoms with Crippen LogP contribution in [0, 0.1) is 6.92 Å². The first-order valence-electron chi connectivity index (χ1n) is 13.7. The maximum absolute atomic E-state index is 14.8. The number of nitrogens with zero attached hydrogens (tertiary/aromatic N) is 2. The van der Waals surface area contributed by atoms with Gasteiger partial charge in [-0.1, -0.05) is 94.7 Å². The smallest absolute Gasteiger partial charge is 0.338 e. The van der Waals surface area contributed by atoms with Crippen molar-refractivity contribution in [2.45, 2.75) is 35.4 Å². The fourth-order valence-electron chi connectivity index (χ4n) is 5.92. The number of ether oxygens (including phenoxy) is 1. The fourth-order valence-corrected chi connectivity index (χ4v) is 7.10. The third kappa shape index (κ3) is 6.11. The molecule has 0 radical (unpaired) electrons. The first-order chi connectivity index (χ1) is 21.1. The van der Waals surface area contributed by atoms with Crippen molar-refractivity contribution in [1.29, 1.82) is 0 Å². The molecule has 13 heteroatoms. The Bertz CT molecular complexity index is 1860. The van der Waals surface area contributed by atoms with Crippen LogP contribution in [-0.2, 0) is 19.7 Å². The van der Waals surface area contributed by atoms with E-state index >= 15 is 0 Å². The molecule has 0 atom stereocenters. The lowest BCUT2D eigenvalue weighted by Gasteiger charge is -2.42. The lowest BCUT2D eigenvalue weighted by atomic mass is 9.64. The fraction of sp³-hybridized carbons (Fsp3) is 0.281. The molecule has 0 bridgehead atoms. The van der Waals surface area contributed by atoms with Crippen LogP contribution in [-0.4, -0.2) is 56.7 Å². The van der Waals surface area contributed by atoms with Crippen LogP contribution in [0.3, 0.4) is 0 Å². The molecule has 0 unspecified atom stereocenters. The number of nitrogens with one attached hydrogen (secondary N) is 1. The second-order valence-corrected chi connectivity index (χ2v) is 15.0. The van der Waals surface area contributed by atoms with Crippen molar-refractivity contribution in [3.8, 4) is 11.1 Å².